The summed E-state index contributed by atoms with van der Waals surface area (Å²) in [5.74, 6) is -0.447. The number of anilines is 2. The first-order chi connectivity index (χ1) is 18.9. The molecule has 0 aliphatic heterocycles. The van der Waals surface area contributed by atoms with Crippen molar-refractivity contribution >= 4 is 36.5 Å². The SMILES string of the molecule is Bc1cc(C(=O)N(C)c2ccc(-c3ccccc3)nc2)cc(C(=O)N(C)c2ccc(-c3ccccc3)nc2)c1. The van der Waals surface area contributed by atoms with Crippen LogP contribution in [0.2, 0.25) is 0 Å². The number of benzene rings is 3. The number of nitrogens with zero attached hydrogens (tertiary/aromatic N) is 4. The van der Waals surface area contributed by atoms with Crippen LogP contribution in [-0.4, -0.2) is 43.7 Å². The molecule has 2 amide bonds. The van der Waals surface area contributed by atoms with E-state index >= 15 is 0 Å². The van der Waals surface area contributed by atoms with E-state index in [4.69, 9.17) is 0 Å². The third-order valence-corrected chi connectivity index (χ3v) is 6.59. The topological polar surface area (TPSA) is 66.4 Å². The molecule has 6 nitrogen and oxygen atoms in total. The summed E-state index contributed by atoms with van der Waals surface area (Å²) in [5, 5.41) is 0. The van der Waals surface area contributed by atoms with E-state index in [9.17, 15) is 9.59 Å². The van der Waals surface area contributed by atoms with Crippen molar-refractivity contribution in [3.63, 3.8) is 0 Å². The summed E-state index contributed by atoms with van der Waals surface area (Å²) < 4.78 is 0. The zero-order chi connectivity index (χ0) is 27.4. The molecule has 0 bridgehead atoms. The molecule has 0 saturated carbocycles. The average molecular weight is 510 g/mol. The quantitative estimate of drug-likeness (QED) is 0.313. The van der Waals surface area contributed by atoms with E-state index in [1.807, 2.05) is 92.8 Å². The Morgan fingerprint density at radius 1 is 0.590 bits per heavy atom. The van der Waals surface area contributed by atoms with Gasteiger partial charge in [0.05, 0.1) is 35.2 Å². The van der Waals surface area contributed by atoms with Gasteiger partial charge in [-0.2, -0.15) is 0 Å². The molecule has 0 spiro atoms. The minimum Gasteiger partial charge on any atom is -0.310 e. The van der Waals surface area contributed by atoms with E-state index in [0.717, 1.165) is 28.0 Å². The Labute approximate surface area is 229 Å². The van der Waals surface area contributed by atoms with Gasteiger partial charge < -0.3 is 9.80 Å². The van der Waals surface area contributed by atoms with Crippen LogP contribution in [0, 0.1) is 0 Å². The van der Waals surface area contributed by atoms with Crippen molar-refractivity contribution < 1.29 is 9.59 Å². The molecule has 39 heavy (non-hydrogen) atoms. The molecule has 0 fully saturated rings. The molecule has 5 rings (SSSR count). The zero-order valence-electron chi connectivity index (χ0n) is 22.1. The summed E-state index contributed by atoms with van der Waals surface area (Å²) in [5.41, 5.74) is 6.68. The molecule has 0 N–H and O–H groups in total. The number of carbonyl (C=O) groups excluding carboxylic acids is 2. The van der Waals surface area contributed by atoms with Crippen molar-refractivity contribution in [3.05, 3.63) is 127 Å². The highest BCUT2D eigenvalue weighted by molar-refractivity contribution is 6.33. The molecule has 3 aromatic carbocycles. The molecule has 5 aromatic rings. The van der Waals surface area contributed by atoms with Gasteiger partial charge in [0.1, 0.15) is 7.85 Å². The lowest BCUT2D eigenvalue weighted by atomic mass is 9.91. The van der Waals surface area contributed by atoms with Crippen molar-refractivity contribution in [2.24, 2.45) is 0 Å². The van der Waals surface area contributed by atoms with Crippen LogP contribution < -0.4 is 15.3 Å². The molecule has 2 heterocycles. The summed E-state index contributed by atoms with van der Waals surface area (Å²) in [6, 6.07) is 32.5. The van der Waals surface area contributed by atoms with Crippen LogP contribution in [0.1, 0.15) is 20.7 Å². The summed E-state index contributed by atoms with van der Waals surface area (Å²) >= 11 is 0. The van der Waals surface area contributed by atoms with Crippen molar-refractivity contribution in [1.29, 1.82) is 0 Å². The molecule has 190 valence electrons. The smallest absolute Gasteiger partial charge is 0.258 e. The Hall–Kier alpha value is -5.04. The van der Waals surface area contributed by atoms with Gasteiger partial charge in [0.15, 0.2) is 0 Å². The number of hydrogen-bond donors (Lipinski definition) is 0. The van der Waals surface area contributed by atoms with Crippen molar-refractivity contribution in [2.75, 3.05) is 23.9 Å². The van der Waals surface area contributed by atoms with Crippen LogP contribution in [0.4, 0.5) is 11.4 Å². The predicted molar refractivity (Wildman–Crippen MR) is 159 cm³/mol. The molecule has 0 radical (unpaired) electrons. The maximum atomic E-state index is 13.4. The van der Waals surface area contributed by atoms with Crippen LogP contribution in [0.15, 0.2) is 116 Å². The minimum absolute atomic E-state index is 0.224. The minimum atomic E-state index is -0.224. The number of amides is 2. The number of pyridine rings is 2. The molecular formula is C32H27BN4O2. The van der Waals surface area contributed by atoms with Crippen LogP contribution in [0.3, 0.4) is 0 Å². The first kappa shape index (κ1) is 25.6. The lowest BCUT2D eigenvalue weighted by Gasteiger charge is -2.20. The normalized spacial score (nSPS) is 10.6. The van der Waals surface area contributed by atoms with Gasteiger partial charge in [-0.25, -0.2) is 0 Å². The van der Waals surface area contributed by atoms with Crippen molar-refractivity contribution in [1.82, 2.24) is 9.97 Å². The second kappa shape index (κ2) is 11.1. The molecule has 2 aromatic heterocycles. The first-order valence-electron chi connectivity index (χ1n) is 12.6. The number of carbonyl (C=O) groups is 2. The van der Waals surface area contributed by atoms with E-state index < -0.39 is 0 Å². The van der Waals surface area contributed by atoms with Crippen molar-refractivity contribution in [2.45, 2.75) is 0 Å². The fourth-order valence-corrected chi connectivity index (χ4v) is 4.38. The molecule has 0 unspecified atom stereocenters. The lowest BCUT2D eigenvalue weighted by Crippen LogP contribution is -2.30. The third kappa shape index (κ3) is 5.62. The highest BCUT2D eigenvalue weighted by Gasteiger charge is 2.20. The van der Waals surface area contributed by atoms with Gasteiger partial charge in [0.25, 0.3) is 11.8 Å². The van der Waals surface area contributed by atoms with Crippen molar-refractivity contribution in [3.8, 4) is 22.5 Å². The fourth-order valence-electron chi connectivity index (χ4n) is 4.38. The van der Waals surface area contributed by atoms with Gasteiger partial charge in [0, 0.05) is 36.3 Å². The maximum absolute atomic E-state index is 13.4. The van der Waals surface area contributed by atoms with Gasteiger partial charge in [-0.15, -0.1) is 0 Å². The largest absolute Gasteiger partial charge is 0.310 e. The monoisotopic (exact) mass is 510 g/mol. The summed E-state index contributed by atoms with van der Waals surface area (Å²) in [7, 11) is 5.29. The summed E-state index contributed by atoms with van der Waals surface area (Å²) in [6.07, 6.45) is 3.37. The number of hydrogen-bond acceptors (Lipinski definition) is 4. The van der Waals surface area contributed by atoms with E-state index in [0.29, 0.717) is 22.5 Å². The Bertz CT molecular complexity index is 1490. The Balaban J connectivity index is 1.34. The van der Waals surface area contributed by atoms with Gasteiger partial charge in [-0.1, -0.05) is 78.3 Å². The second-order valence-electron chi connectivity index (χ2n) is 9.35. The van der Waals surface area contributed by atoms with E-state index in [1.165, 1.54) is 0 Å². The zero-order valence-corrected chi connectivity index (χ0v) is 22.1. The average Bonchev–Trinajstić information content (AvgIpc) is 3.00. The van der Waals surface area contributed by atoms with Gasteiger partial charge in [-0.05, 0) is 30.3 Å². The van der Waals surface area contributed by atoms with Crippen LogP contribution >= 0.6 is 0 Å². The summed E-state index contributed by atoms with van der Waals surface area (Å²) in [4.78, 5) is 39.0. The Kier molecular flexibility index (Phi) is 7.32. The second-order valence-corrected chi connectivity index (χ2v) is 9.35. The fraction of sp³-hybridized carbons (Fsp3) is 0.0625. The lowest BCUT2D eigenvalue weighted by molar-refractivity contribution is 0.0992. The third-order valence-electron chi connectivity index (χ3n) is 6.59. The number of rotatable bonds is 6. The van der Waals surface area contributed by atoms with Crippen LogP contribution in [-0.2, 0) is 0 Å². The highest BCUT2D eigenvalue weighted by atomic mass is 16.2. The first-order valence-corrected chi connectivity index (χ1v) is 12.6. The van der Waals surface area contributed by atoms with E-state index in [1.54, 1.807) is 54.5 Å². The van der Waals surface area contributed by atoms with E-state index in [-0.39, 0.29) is 11.8 Å². The Morgan fingerprint density at radius 2 is 1.00 bits per heavy atom. The van der Waals surface area contributed by atoms with Crippen LogP contribution in [0.25, 0.3) is 22.5 Å². The molecule has 0 aliphatic rings. The molecule has 0 atom stereocenters. The number of aromatic nitrogens is 2. The van der Waals surface area contributed by atoms with Crippen LogP contribution in [0.5, 0.6) is 0 Å². The summed E-state index contributed by atoms with van der Waals surface area (Å²) in [6.45, 7) is 0. The maximum Gasteiger partial charge on any atom is 0.258 e. The molecule has 0 aliphatic carbocycles. The van der Waals surface area contributed by atoms with Gasteiger partial charge >= 0.3 is 0 Å². The van der Waals surface area contributed by atoms with Gasteiger partial charge in [-0.3, -0.25) is 19.6 Å². The molecule has 0 saturated heterocycles. The molecule has 7 heteroatoms. The van der Waals surface area contributed by atoms with Gasteiger partial charge in [0.2, 0.25) is 0 Å². The Morgan fingerprint density at radius 3 is 1.36 bits per heavy atom. The van der Waals surface area contributed by atoms with E-state index in [2.05, 4.69) is 9.97 Å². The predicted octanol–water partition coefficient (Wildman–Crippen LogP) is 4.62. The molecular weight excluding hydrogens is 483 g/mol. The highest BCUT2D eigenvalue weighted by Crippen LogP contribution is 2.23. The standard InChI is InChI=1S/C32H27BN4O2/c1-36(27-13-15-29(34-20-27)22-9-5-3-6-10-22)31(38)24-17-25(19-26(33)18-24)32(39)37(2)28-14-16-30(35-21-28)23-11-7-4-8-12-23/h3-21H,33H2,1-2H3.